The number of esters is 1. The maximum absolute atomic E-state index is 12.9. The van der Waals surface area contributed by atoms with Gasteiger partial charge < -0.3 is 24.3 Å². The number of halogens is 1. The molecule has 0 atom stereocenters. The summed E-state index contributed by atoms with van der Waals surface area (Å²) >= 11 is 1.47. The van der Waals surface area contributed by atoms with Gasteiger partial charge in [-0.15, -0.1) is 11.3 Å². The fraction of sp³-hybridized carbons (Fsp3) is 0.217. The molecule has 1 amide bonds. The summed E-state index contributed by atoms with van der Waals surface area (Å²) < 4.78 is 34.2. The number of nitrogens with one attached hydrogen (secondary N) is 1. The van der Waals surface area contributed by atoms with Crippen LogP contribution in [0.25, 0.3) is 0 Å². The van der Waals surface area contributed by atoms with Crippen molar-refractivity contribution in [1.29, 1.82) is 0 Å². The second-order valence-corrected chi connectivity index (χ2v) is 7.53. The van der Waals surface area contributed by atoms with E-state index in [-0.39, 0.29) is 42.6 Å². The minimum atomic E-state index is -0.667. The number of anilines is 1. The summed E-state index contributed by atoms with van der Waals surface area (Å²) in [6, 6.07) is 12.2. The van der Waals surface area contributed by atoms with Gasteiger partial charge in [0.2, 0.25) is 5.91 Å². The first-order valence-electron chi connectivity index (χ1n) is 9.64. The van der Waals surface area contributed by atoms with Crippen molar-refractivity contribution in [2.75, 3.05) is 32.8 Å². The van der Waals surface area contributed by atoms with Crippen molar-refractivity contribution in [1.82, 2.24) is 0 Å². The van der Waals surface area contributed by atoms with E-state index in [0.29, 0.717) is 17.2 Å². The largest absolute Gasteiger partial charge is 0.493 e. The molecule has 0 saturated carbocycles. The van der Waals surface area contributed by atoms with E-state index in [4.69, 9.17) is 18.9 Å². The number of amides is 1. The van der Waals surface area contributed by atoms with Crippen LogP contribution in [0.15, 0.2) is 53.9 Å². The predicted molar refractivity (Wildman–Crippen MR) is 118 cm³/mol. The minimum absolute atomic E-state index is 0.0485. The van der Waals surface area contributed by atoms with E-state index in [0.717, 1.165) is 4.88 Å². The summed E-state index contributed by atoms with van der Waals surface area (Å²) in [5, 5.41) is 4.63. The molecule has 0 radical (unpaired) electrons. The van der Waals surface area contributed by atoms with Crippen LogP contribution in [-0.2, 0) is 16.0 Å². The highest BCUT2D eigenvalue weighted by molar-refractivity contribution is 7.10. The maximum Gasteiger partial charge on any atom is 0.340 e. The molecule has 0 aliphatic rings. The van der Waals surface area contributed by atoms with Gasteiger partial charge in [-0.05, 0) is 35.7 Å². The fourth-order valence-corrected chi connectivity index (χ4v) is 3.52. The van der Waals surface area contributed by atoms with Gasteiger partial charge in [0, 0.05) is 17.0 Å². The molecule has 1 aromatic heterocycles. The number of carbonyl (C=O) groups excluding carboxylic acids is 2. The predicted octanol–water partition coefficient (Wildman–Crippen LogP) is 4.32. The Morgan fingerprint density at radius 2 is 1.72 bits per heavy atom. The van der Waals surface area contributed by atoms with Gasteiger partial charge in [-0.3, -0.25) is 4.79 Å². The van der Waals surface area contributed by atoms with Crippen LogP contribution >= 0.6 is 11.3 Å². The Morgan fingerprint density at radius 3 is 2.38 bits per heavy atom. The van der Waals surface area contributed by atoms with Gasteiger partial charge in [0.25, 0.3) is 0 Å². The van der Waals surface area contributed by atoms with E-state index in [1.807, 2.05) is 17.5 Å². The first kappa shape index (κ1) is 23.1. The van der Waals surface area contributed by atoms with Crippen molar-refractivity contribution in [3.8, 4) is 17.2 Å². The zero-order valence-electron chi connectivity index (χ0n) is 17.6. The Labute approximate surface area is 188 Å². The highest BCUT2D eigenvalue weighted by Gasteiger charge is 2.20. The first-order chi connectivity index (χ1) is 15.5. The lowest BCUT2D eigenvalue weighted by Crippen LogP contribution is -2.18. The van der Waals surface area contributed by atoms with Gasteiger partial charge in [-0.25, -0.2) is 9.18 Å². The first-order valence-corrected chi connectivity index (χ1v) is 10.5. The average Bonchev–Trinajstić information content (AvgIpc) is 3.30. The highest BCUT2D eigenvalue weighted by Crippen LogP contribution is 2.34. The normalized spacial score (nSPS) is 10.3. The quantitative estimate of drug-likeness (QED) is 0.359. The van der Waals surface area contributed by atoms with E-state index in [1.165, 1.54) is 62.0 Å². The molecule has 1 N–H and O–H groups in total. The molecular weight excluding hydrogens is 437 g/mol. The third-order valence-corrected chi connectivity index (χ3v) is 5.21. The Kier molecular flexibility index (Phi) is 8.04. The van der Waals surface area contributed by atoms with Gasteiger partial charge in [-0.1, -0.05) is 6.07 Å². The van der Waals surface area contributed by atoms with Crippen LogP contribution in [0.2, 0.25) is 0 Å². The van der Waals surface area contributed by atoms with Crippen LogP contribution in [0.1, 0.15) is 15.2 Å². The Morgan fingerprint density at radius 1 is 1.00 bits per heavy atom. The van der Waals surface area contributed by atoms with Crippen LogP contribution < -0.4 is 19.5 Å². The van der Waals surface area contributed by atoms with Gasteiger partial charge in [0.15, 0.2) is 11.5 Å². The number of hydrogen-bond donors (Lipinski definition) is 1. The molecule has 0 bridgehead atoms. The van der Waals surface area contributed by atoms with Crippen LogP contribution in [0.5, 0.6) is 17.2 Å². The molecule has 3 aromatic rings. The second kappa shape index (κ2) is 11.1. The van der Waals surface area contributed by atoms with Gasteiger partial charge in [-0.2, -0.15) is 0 Å². The molecule has 0 fully saturated rings. The van der Waals surface area contributed by atoms with Gasteiger partial charge >= 0.3 is 5.97 Å². The zero-order chi connectivity index (χ0) is 22.9. The Bertz CT molecular complexity index is 1050. The van der Waals surface area contributed by atoms with Crippen molar-refractivity contribution in [3.63, 3.8) is 0 Å². The molecule has 0 aliphatic heterocycles. The van der Waals surface area contributed by atoms with Gasteiger partial charge in [0.05, 0.1) is 31.9 Å². The summed E-state index contributed by atoms with van der Waals surface area (Å²) in [4.78, 5) is 26.1. The third kappa shape index (κ3) is 6.21. The van der Waals surface area contributed by atoms with Crippen molar-refractivity contribution < 1.29 is 32.9 Å². The second-order valence-electron chi connectivity index (χ2n) is 6.50. The van der Waals surface area contributed by atoms with Crippen molar-refractivity contribution >= 4 is 28.9 Å². The standard InChI is InChI=1S/C23H22FNO6S/c1-28-20-13-18(23(27)31-10-9-30-16-7-5-15(24)6-8-16)19(14-21(20)29-2)25-22(26)12-17-4-3-11-32-17/h3-8,11,13-14H,9-10,12H2,1-2H3,(H,25,26). The van der Waals surface area contributed by atoms with E-state index >= 15 is 0 Å². The summed E-state index contributed by atoms with van der Waals surface area (Å²) in [6.45, 7) is 0.0257. The summed E-state index contributed by atoms with van der Waals surface area (Å²) in [7, 11) is 2.90. The molecule has 0 aliphatic carbocycles. The molecule has 168 valence electrons. The van der Waals surface area contributed by atoms with Crippen LogP contribution in [0.4, 0.5) is 10.1 Å². The number of rotatable bonds is 10. The molecule has 0 saturated heterocycles. The number of hydrogen-bond acceptors (Lipinski definition) is 7. The Hall–Kier alpha value is -3.59. The minimum Gasteiger partial charge on any atom is -0.493 e. The van der Waals surface area contributed by atoms with Crippen LogP contribution in [-0.4, -0.2) is 39.3 Å². The molecular formula is C23H22FNO6S. The SMILES string of the molecule is COc1cc(NC(=O)Cc2cccs2)c(C(=O)OCCOc2ccc(F)cc2)cc1OC. The summed E-state index contributed by atoms with van der Waals surface area (Å²) in [5.41, 5.74) is 0.359. The third-order valence-electron chi connectivity index (χ3n) is 4.33. The number of benzene rings is 2. The van der Waals surface area contributed by atoms with E-state index in [1.54, 1.807) is 0 Å². The molecule has 9 heteroatoms. The molecule has 32 heavy (non-hydrogen) atoms. The van der Waals surface area contributed by atoms with E-state index in [2.05, 4.69) is 5.32 Å². The number of thiophene rings is 1. The van der Waals surface area contributed by atoms with Crippen molar-refractivity contribution in [2.24, 2.45) is 0 Å². The topological polar surface area (TPSA) is 83.1 Å². The van der Waals surface area contributed by atoms with E-state index < -0.39 is 5.97 Å². The molecule has 0 spiro atoms. The average molecular weight is 459 g/mol. The van der Waals surface area contributed by atoms with Crippen LogP contribution in [0.3, 0.4) is 0 Å². The number of methoxy groups -OCH3 is 2. The van der Waals surface area contributed by atoms with Crippen molar-refractivity contribution in [2.45, 2.75) is 6.42 Å². The number of ether oxygens (including phenoxy) is 4. The van der Waals surface area contributed by atoms with Crippen LogP contribution in [0, 0.1) is 5.82 Å². The Balaban J connectivity index is 1.68. The highest BCUT2D eigenvalue weighted by atomic mass is 32.1. The van der Waals surface area contributed by atoms with Crippen molar-refractivity contribution in [3.05, 3.63) is 70.2 Å². The van der Waals surface area contributed by atoms with Gasteiger partial charge in [0.1, 0.15) is 24.8 Å². The smallest absolute Gasteiger partial charge is 0.340 e. The molecule has 7 nitrogen and oxygen atoms in total. The molecule has 0 unspecified atom stereocenters. The van der Waals surface area contributed by atoms with E-state index in [9.17, 15) is 14.0 Å². The molecule has 1 heterocycles. The molecule has 2 aromatic carbocycles. The maximum atomic E-state index is 12.9. The molecule has 3 rings (SSSR count). The number of carbonyl (C=O) groups is 2. The zero-order valence-corrected chi connectivity index (χ0v) is 18.4. The lowest BCUT2D eigenvalue weighted by molar-refractivity contribution is -0.115. The summed E-state index contributed by atoms with van der Waals surface area (Å²) in [6.07, 6.45) is 0.173. The fourth-order valence-electron chi connectivity index (χ4n) is 2.82. The lowest BCUT2D eigenvalue weighted by Gasteiger charge is -2.15. The lowest BCUT2D eigenvalue weighted by atomic mass is 10.1. The summed E-state index contributed by atoms with van der Waals surface area (Å²) in [5.74, 6) is -0.192. The monoisotopic (exact) mass is 459 g/mol.